The first-order valence-electron chi connectivity index (χ1n) is 7.61. The summed E-state index contributed by atoms with van der Waals surface area (Å²) in [6.07, 6.45) is 3.29. The van der Waals surface area contributed by atoms with Gasteiger partial charge in [-0.25, -0.2) is 9.97 Å². The summed E-state index contributed by atoms with van der Waals surface area (Å²) in [6.45, 7) is 2.65. The summed E-state index contributed by atoms with van der Waals surface area (Å²) in [7, 11) is 3.82. The predicted octanol–water partition coefficient (Wildman–Crippen LogP) is 2.52. The van der Waals surface area contributed by atoms with Crippen molar-refractivity contribution < 1.29 is 0 Å². The van der Waals surface area contributed by atoms with Crippen LogP contribution in [0.1, 0.15) is 24.2 Å². The highest BCUT2D eigenvalue weighted by molar-refractivity contribution is 5.79. The van der Waals surface area contributed by atoms with Crippen LogP contribution in [-0.4, -0.2) is 26.5 Å². The zero-order chi connectivity index (χ0) is 16.4. The molecule has 1 atom stereocenters. The Kier molecular flexibility index (Phi) is 4.21. The highest BCUT2D eigenvalue weighted by Gasteiger charge is 2.15. The maximum Gasteiger partial charge on any atom is 0.255 e. The van der Waals surface area contributed by atoms with Crippen molar-refractivity contribution in [1.29, 1.82) is 0 Å². The van der Waals surface area contributed by atoms with E-state index in [9.17, 15) is 4.79 Å². The average molecular weight is 308 g/mol. The van der Waals surface area contributed by atoms with Crippen LogP contribution >= 0.6 is 0 Å². The van der Waals surface area contributed by atoms with Gasteiger partial charge in [-0.2, -0.15) is 0 Å². The summed E-state index contributed by atoms with van der Waals surface area (Å²) in [6, 6.07) is 11.9. The van der Waals surface area contributed by atoms with Gasteiger partial charge in [0.2, 0.25) is 0 Å². The largest absolute Gasteiger partial charge is 0.311 e. The van der Waals surface area contributed by atoms with Crippen LogP contribution in [-0.2, 0) is 13.6 Å². The van der Waals surface area contributed by atoms with Crippen LogP contribution in [0.15, 0.2) is 53.7 Å². The molecule has 1 aromatic carbocycles. The molecule has 0 saturated heterocycles. The fraction of sp³-hybridized carbons (Fsp3) is 0.278. The van der Waals surface area contributed by atoms with Gasteiger partial charge in [-0.05, 0) is 37.6 Å². The first-order valence-corrected chi connectivity index (χ1v) is 7.61. The van der Waals surface area contributed by atoms with Gasteiger partial charge in [0.05, 0.1) is 11.2 Å². The van der Waals surface area contributed by atoms with Crippen LogP contribution in [0.2, 0.25) is 0 Å². The fourth-order valence-corrected chi connectivity index (χ4v) is 2.78. The topological polar surface area (TPSA) is 51.0 Å². The molecule has 23 heavy (non-hydrogen) atoms. The van der Waals surface area contributed by atoms with E-state index < -0.39 is 0 Å². The summed E-state index contributed by atoms with van der Waals surface area (Å²) in [5, 5.41) is 1.08. The second-order valence-corrected chi connectivity index (χ2v) is 5.82. The summed E-state index contributed by atoms with van der Waals surface area (Å²) in [5.74, 6) is 0. The minimum atomic E-state index is 0.0467. The first-order chi connectivity index (χ1) is 11.1. The third-order valence-corrected chi connectivity index (χ3v) is 4.32. The monoisotopic (exact) mass is 308 g/mol. The fourth-order valence-electron chi connectivity index (χ4n) is 2.78. The second kappa shape index (κ2) is 6.30. The zero-order valence-corrected chi connectivity index (χ0v) is 13.6. The molecule has 3 aromatic rings. The Morgan fingerprint density at radius 3 is 2.78 bits per heavy atom. The lowest BCUT2D eigenvalue weighted by Crippen LogP contribution is -2.29. The molecule has 0 spiro atoms. The normalized spacial score (nSPS) is 12.7. The molecular formula is C18H20N4O. The average Bonchev–Trinajstić information content (AvgIpc) is 2.59. The van der Waals surface area contributed by atoms with E-state index in [4.69, 9.17) is 0 Å². The molecule has 0 saturated carbocycles. The second-order valence-electron chi connectivity index (χ2n) is 5.82. The molecule has 0 aliphatic carbocycles. The smallest absolute Gasteiger partial charge is 0.255 e. The summed E-state index contributed by atoms with van der Waals surface area (Å²) < 4.78 is 1.72. The summed E-state index contributed by atoms with van der Waals surface area (Å²) in [4.78, 5) is 23.0. The van der Waals surface area contributed by atoms with Crippen molar-refractivity contribution in [2.75, 3.05) is 7.05 Å². The molecule has 5 nitrogen and oxygen atoms in total. The molecule has 5 heteroatoms. The predicted molar refractivity (Wildman–Crippen MR) is 91.1 cm³/mol. The van der Waals surface area contributed by atoms with Crippen LogP contribution in [0.4, 0.5) is 0 Å². The van der Waals surface area contributed by atoms with E-state index in [1.807, 2.05) is 50.5 Å². The van der Waals surface area contributed by atoms with Crippen molar-refractivity contribution in [2.45, 2.75) is 19.5 Å². The maximum atomic E-state index is 12.6. The quantitative estimate of drug-likeness (QED) is 0.743. The number of aromatic nitrogens is 3. The van der Waals surface area contributed by atoms with Gasteiger partial charge in [0.25, 0.3) is 5.56 Å². The molecule has 0 unspecified atom stereocenters. The van der Waals surface area contributed by atoms with Crippen molar-refractivity contribution in [2.24, 2.45) is 7.05 Å². The summed E-state index contributed by atoms with van der Waals surface area (Å²) >= 11 is 0. The van der Waals surface area contributed by atoms with Gasteiger partial charge in [0.15, 0.2) is 0 Å². The number of rotatable bonds is 4. The Labute approximate surface area is 135 Å². The molecule has 3 rings (SSSR count). The number of para-hydroxylation sites is 1. The first kappa shape index (κ1) is 15.4. The third-order valence-electron chi connectivity index (χ3n) is 4.32. The van der Waals surface area contributed by atoms with Gasteiger partial charge < -0.3 is 4.57 Å². The van der Waals surface area contributed by atoms with Gasteiger partial charge in [-0.15, -0.1) is 0 Å². The minimum absolute atomic E-state index is 0.0467. The van der Waals surface area contributed by atoms with Crippen LogP contribution in [0.5, 0.6) is 0 Å². The Bertz CT molecular complexity index is 873. The van der Waals surface area contributed by atoms with Crippen molar-refractivity contribution in [3.63, 3.8) is 0 Å². The van der Waals surface area contributed by atoms with Crippen molar-refractivity contribution in [1.82, 2.24) is 19.4 Å². The summed E-state index contributed by atoms with van der Waals surface area (Å²) in [5.41, 5.74) is 2.73. The Morgan fingerprint density at radius 2 is 2.04 bits per heavy atom. The molecule has 2 heterocycles. The Morgan fingerprint density at radius 1 is 1.26 bits per heavy atom. The lowest BCUT2D eigenvalue weighted by Gasteiger charge is -2.24. The van der Waals surface area contributed by atoms with Crippen LogP contribution < -0.4 is 5.56 Å². The number of hydrogen-bond donors (Lipinski definition) is 0. The van der Waals surface area contributed by atoms with Gasteiger partial charge in [0.1, 0.15) is 6.33 Å². The van der Waals surface area contributed by atoms with Crippen LogP contribution in [0.25, 0.3) is 10.9 Å². The van der Waals surface area contributed by atoms with E-state index in [1.165, 1.54) is 0 Å². The standard InChI is InChI=1S/C18H20N4O/c1-13(16-8-9-19-12-20-16)21(2)11-15-10-14-6-4-5-7-17(14)22(3)18(15)23/h4-10,12-13H,11H2,1-3H3/t13-/m1/s1. The number of pyridine rings is 1. The molecule has 0 amide bonds. The number of hydrogen-bond acceptors (Lipinski definition) is 4. The molecule has 0 N–H and O–H groups in total. The Balaban J connectivity index is 1.92. The van der Waals surface area contributed by atoms with Gasteiger partial charge in [0, 0.05) is 31.4 Å². The number of benzene rings is 1. The van der Waals surface area contributed by atoms with E-state index in [0.29, 0.717) is 6.54 Å². The van der Waals surface area contributed by atoms with Crippen molar-refractivity contribution in [3.8, 4) is 0 Å². The highest BCUT2D eigenvalue weighted by atomic mass is 16.1. The molecule has 0 fully saturated rings. The molecule has 2 aromatic heterocycles. The zero-order valence-electron chi connectivity index (χ0n) is 13.6. The van der Waals surface area contributed by atoms with Crippen molar-refractivity contribution >= 4 is 10.9 Å². The van der Waals surface area contributed by atoms with Crippen molar-refractivity contribution in [3.05, 3.63) is 70.5 Å². The minimum Gasteiger partial charge on any atom is -0.311 e. The highest BCUT2D eigenvalue weighted by Crippen LogP contribution is 2.19. The van der Waals surface area contributed by atoms with E-state index >= 15 is 0 Å². The third kappa shape index (κ3) is 3.00. The van der Waals surface area contributed by atoms with E-state index in [0.717, 1.165) is 22.2 Å². The molecule has 0 bridgehead atoms. The number of aryl methyl sites for hydroxylation is 1. The van der Waals surface area contributed by atoms with Gasteiger partial charge >= 0.3 is 0 Å². The van der Waals surface area contributed by atoms with Crippen LogP contribution in [0, 0.1) is 0 Å². The SMILES string of the molecule is C[C@H](c1ccncn1)N(C)Cc1cc2ccccc2n(C)c1=O. The molecular weight excluding hydrogens is 288 g/mol. The van der Waals surface area contributed by atoms with Crippen LogP contribution in [0.3, 0.4) is 0 Å². The van der Waals surface area contributed by atoms with E-state index in [-0.39, 0.29) is 11.6 Å². The molecule has 0 aliphatic rings. The lowest BCUT2D eigenvalue weighted by molar-refractivity contribution is 0.247. The lowest BCUT2D eigenvalue weighted by atomic mass is 10.1. The molecule has 0 aliphatic heterocycles. The Hall–Kier alpha value is -2.53. The molecule has 118 valence electrons. The van der Waals surface area contributed by atoms with Gasteiger partial charge in [-0.1, -0.05) is 18.2 Å². The number of fused-ring (bicyclic) bond motifs is 1. The maximum absolute atomic E-state index is 12.6. The number of nitrogens with zero attached hydrogens (tertiary/aromatic N) is 4. The van der Waals surface area contributed by atoms with E-state index in [1.54, 1.807) is 17.1 Å². The molecule has 0 radical (unpaired) electrons. The van der Waals surface area contributed by atoms with E-state index in [2.05, 4.69) is 21.8 Å². The van der Waals surface area contributed by atoms with Gasteiger partial charge in [-0.3, -0.25) is 9.69 Å².